The van der Waals surface area contributed by atoms with E-state index >= 15 is 0 Å². The lowest BCUT2D eigenvalue weighted by Gasteiger charge is -2.20. The molecule has 0 bridgehead atoms. The van der Waals surface area contributed by atoms with Gasteiger partial charge in [0.1, 0.15) is 17.9 Å². The Bertz CT molecular complexity index is 701. The second kappa shape index (κ2) is 6.60. The summed E-state index contributed by atoms with van der Waals surface area (Å²) in [5.41, 5.74) is 0.258. The van der Waals surface area contributed by atoms with Crippen LogP contribution in [-0.4, -0.2) is 44.2 Å². The van der Waals surface area contributed by atoms with Gasteiger partial charge in [0.25, 0.3) is 0 Å². The van der Waals surface area contributed by atoms with Crippen LogP contribution < -0.4 is 0 Å². The molecule has 0 aliphatic carbocycles. The van der Waals surface area contributed by atoms with Crippen molar-refractivity contribution < 1.29 is 14.6 Å². The van der Waals surface area contributed by atoms with Crippen molar-refractivity contribution in [2.45, 2.75) is 38.5 Å². The van der Waals surface area contributed by atoms with Crippen LogP contribution in [0.25, 0.3) is 0 Å². The Balaban J connectivity index is 1.60. The molecule has 1 saturated heterocycles. The molecule has 7 nitrogen and oxygen atoms in total. The largest absolute Gasteiger partial charge is 0.445 e. The Hall–Kier alpha value is -2.41. The molecule has 128 valence electrons. The quantitative estimate of drug-likeness (QED) is 0.928. The Morgan fingerprint density at radius 1 is 1.38 bits per heavy atom. The zero-order valence-electron chi connectivity index (χ0n) is 13.9. The van der Waals surface area contributed by atoms with Gasteiger partial charge in [0.05, 0.1) is 12.7 Å². The van der Waals surface area contributed by atoms with Gasteiger partial charge >= 0.3 is 6.09 Å². The van der Waals surface area contributed by atoms with Gasteiger partial charge in [-0.05, 0) is 19.4 Å². The van der Waals surface area contributed by atoms with E-state index in [0.717, 1.165) is 5.56 Å². The lowest BCUT2D eigenvalue weighted by atomic mass is 10.00. The molecule has 1 atom stereocenters. The van der Waals surface area contributed by atoms with Gasteiger partial charge in [-0.15, -0.1) is 5.10 Å². The van der Waals surface area contributed by atoms with E-state index in [4.69, 9.17) is 4.74 Å². The molecule has 0 spiro atoms. The van der Waals surface area contributed by atoms with Crippen LogP contribution >= 0.6 is 0 Å². The standard InChI is InChI=1S/C17H22N4O3/c1-13(2)21-10-15(18-19-21)17(23)8-9-20(12-17)16(22)24-11-14-6-4-3-5-7-14/h3-7,10,13,23H,8-9,11-12H2,1-2H3. The Morgan fingerprint density at radius 3 is 2.79 bits per heavy atom. The van der Waals surface area contributed by atoms with Crippen LogP contribution in [-0.2, 0) is 16.9 Å². The minimum absolute atomic E-state index is 0.164. The molecule has 1 unspecified atom stereocenters. The fourth-order valence-corrected chi connectivity index (χ4v) is 2.71. The summed E-state index contributed by atoms with van der Waals surface area (Å²) in [5.74, 6) is 0. The average Bonchev–Trinajstić information content (AvgIpc) is 3.22. The number of likely N-dealkylation sites (tertiary alicyclic amines) is 1. The summed E-state index contributed by atoms with van der Waals surface area (Å²) >= 11 is 0. The minimum atomic E-state index is -1.17. The molecular weight excluding hydrogens is 308 g/mol. The second-order valence-electron chi connectivity index (χ2n) is 6.42. The van der Waals surface area contributed by atoms with Crippen LogP contribution in [0.1, 0.15) is 37.6 Å². The normalized spacial score (nSPS) is 20.6. The van der Waals surface area contributed by atoms with Gasteiger partial charge in [-0.2, -0.15) is 0 Å². The SMILES string of the molecule is CC(C)n1cc(C2(O)CCN(C(=O)OCc3ccccc3)C2)nn1. The van der Waals surface area contributed by atoms with Gasteiger partial charge in [-0.25, -0.2) is 9.48 Å². The molecule has 0 saturated carbocycles. The van der Waals surface area contributed by atoms with Crippen LogP contribution in [0.4, 0.5) is 4.79 Å². The van der Waals surface area contributed by atoms with E-state index < -0.39 is 11.7 Å². The number of nitrogens with zero attached hydrogens (tertiary/aromatic N) is 4. The first kappa shape index (κ1) is 16.4. The van der Waals surface area contributed by atoms with Gasteiger partial charge in [-0.1, -0.05) is 35.5 Å². The van der Waals surface area contributed by atoms with Gasteiger partial charge in [-0.3, -0.25) is 0 Å². The van der Waals surface area contributed by atoms with E-state index in [1.807, 2.05) is 44.2 Å². The molecule has 0 radical (unpaired) electrons. The van der Waals surface area contributed by atoms with Crippen molar-refractivity contribution in [2.75, 3.05) is 13.1 Å². The first-order valence-corrected chi connectivity index (χ1v) is 8.08. The van der Waals surface area contributed by atoms with Crippen molar-refractivity contribution in [1.29, 1.82) is 0 Å². The first-order chi connectivity index (χ1) is 11.5. The molecule has 3 rings (SSSR count). The molecule has 24 heavy (non-hydrogen) atoms. The van der Waals surface area contributed by atoms with E-state index in [0.29, 0.717) is 18.7 Å². The molecule has 1 aromatic carbocycles. The predicted molar refractivity (Wildman–Crippen MR) is 87.1 cm³/mol. The molecule has 7 heteroatoms. The minimum Gasteiger partial charge on any atom is -0.445 e. The number of carbonyl (C=O) groups is 1. The van der Waals surface area contributed by atoms with Crippen LogP contribution in [0.2, 0.25) is 0 Å². The lowest BCUT2D eigenvalue weighted by Crippen LogP contribution is -2.35. The van der Waals surface area contributed by atoms with Crippen molar-refractivity contribution in [3.05, 3.63) is 47.8 Å². The maximum atomic E-state index is 12.2. The molecule has 2 heterocycles. The van der Waals surface area contributed by atoms with Gasteiger partial charge in [0.15, 0.2) is 0 Å². The molecule has 2 aromatic rings. The maximum absolute atomic E-state index is 12.2. The van der Waals surface area contributed by atoms with Gasteiger partial charge in [0, 0.05) is 19.0 Å². The van der Waals surface area contributed by atoms with Gasteiger partial charge in [0.2, 0.25) is 0 Å². The summed E-state index contributed by atoms with van der Waals surface area (Å²) in [6, 6.07) is 9.68. The number of benzene rings is 1. The van der Waals surface area contributed by atoms with Crippen LogP contribution in [0.5, 0.6) is 0 Å². The number of hydrogen-bond acceptors (Lipinski definition) is 5. The predicted octanol–water partition coefficient (Wildman–Crippen LogP) is 2.09. The van der Waals surface area contributed by atoms with E-state index in [-0.39, 0.29) is 19.2 Å². The van der Waals surface area contributed by atoms with Crippen molar-refractivity contribution in [3.8, 4) is 0 Å². The smallest absolute Gasteiger partial charge is 0.410 e. The van der Waals surface area contributed by atoms with E-state index in [1.165, 1.54) is 4.90 Å². The number of amides is 1. The number of rotatable bonds is 4. The number of β-amino-alcohol motifs (C(OH)–C–C–N with tert-alkyl or cyclic N) is 1. The highest BCUT2D eigenvalue weighted by molar-refractivity contribution is 5.68. The van der Waals surface area contributed by atoms with Crippen molar-refractivity contribution in [3.63, 3.8) is 0 Å². The zero-order valence-corrected chi connectivity index (χ0v) is 13.9. The molecule has 1 N–H and O–H groups in total. The monoisotopic (exact) mass is 330 g/mol. The van der Waals surface area contributed by atoms with E-state index in [2.05, 4.69) is 10.3 Å². The summed E-state index contributed by atoms with van der Waals surface area (Å²) < 4.78 is 7.02. The number of aromatic nitrogens is 3. The summed E-state index contributed by atoms with van der Waals surface area (Å²) in [7, 11) is 0. The Morgan fingerprint density at radius 2 is 2.12 bits per heavy atom. The van der Waals surface area contributed by atoms with Crippen LogP contribution in [0, 0.1) is 0 Å². The molecule has 1 aliphatic heterocycles. The third-order valence-corrected chi connectivity index (χ3v) is 4.23. The highest BCUT2D eigenvalue weighted by atomic mass is 16.6. The van der Waals surface area contributed by atoms with Crippen molar-refractivity contribution in [1.82, 2.24) is 19.9 Å². The van der Waals surface area contributed by atoms with Crippen LogP contribution in [0.3, 0.4) is 0 Å². The van der Waals surface area contributed by atoms with Crippen molar-refractivity contribution in [2.24, 2.45) is 0 Å². The first-order valence-electron chi connectivity index (χ1n) is 8.08. The fourth-order valence-electron chi connectivity index (χ4n) is 2.71. The van der Waals surface area contributed by atoms with E-state index in [1.54, 1.807) is 10.9 Å². The molecule has 1 aromatic heterocycles. The third kappa shape index (κ3) is 3.41. The van der Waals surface area contributed by atoms with E-state index in [9.17, 15) is 9.90 Å². The number of hydrogen-bond donors (Lipinski definition) is 1. The number of ether oxygens (including phenoxy) is 1. The topological polar surface area (TPSA) is 80.5 Å². The second-order valence-corrected chi connectivity index (χ2v) is 6.42. The molecule has 1 amide bonds. The maximum Gasteiger partial charge on any atom is 0.410 e. The van der Waals surface area contributed by atoms with Crippen LogP contribution in [0.15, 0.2) is 36.5 Å². The highest BCUT2D eigenvalue weighted by Crippen LogP contribution is 2.31. The molecular formula is C17H22N4O3. The van der Waals surface area contributed by atoms with Crippen molar-refractivity contribution >= 4 is 6.09 Å². The lowest BCUT2D eigenvalue weighted by molar-refractivity contribution is 0.0369. The number of aliphatic hydroxyl groups is 1. The summed E-state index contributed by atoms with van der Waals surface area (Å²) in [5, 5.41) is 18.9. The number of carbonyl (C=O) groups excluding carboxylic acids is 1. The summed E-state index contributed by atoms with van der Waals surface area (Å²) in [6.07, 6.45) is 1.74. The van der Waals surface area contributed by atoms with Gasteiger partial charge < -0.3 is 14.7 Å². The Kier molecular flexibility index (Phi) is 4.53. The Labute approximate surface area is 140 Å². The molecule has 1 fully saturated rings. The molecule has 1 aliphatic rings. The third-order valence-electron chi connectivity index (χ3n) is 4.23. The average molecular weight is 330 g/mol. The fraction of sp³-hybridized carbons (Fsp3) is 0.471. The highest BCUT2D eigenvalue weighted by Gasteiger charge is 2.42. The summed E-state index contributed by atoms with van der Waals surface area (Å²) in [6.45, 7) is 4.79. The summed E-state index contributed by atoms with van der Waals surface area (Å²) in [4.78, 5) is 13.7. The zero-order chi connectivity index (χ0) is 17.2.